The van der Waals surface area contributed by atoms with Gasteiger partial charge in [0.05, 0.1) is 0 Å². The predicted octanol–water partition coefficient (Wildman–Crippen LogP) is 3.18. The van der Waals surface area contributed by atoms with Crippen LogP contribution in [-0.2, 0) is 11.2 Å². The van der Waals surface area contributed by atoms with Crippen LogP contribution in [0.25, 0.3) is 0 Å². The van der Waals surface area contributed by atoms with Crippen LogP contribution in [0.2, 0.25) is 0 Å². The van der Waals surface area contributed by atoms with Crippen LogP contribution in [0.4, 0.5) is 10.5 Å². The Morgan fingerprint density at radius 2 is 2.00 bits per heavy atom. The Hall–Kier alpha value is -2.04. The number of rotatable bonds is 7. The minimum absolute atomic E-state index is 0.0456. The fraction of sp³-hybridized carbons (Fsp3) is 0.500. The van der Waals surface area contributed by atoms with Gasteiger partial charge in [0, 0.05) is 18.7 Å². The van der Waals surface area contributed by atoms with Gasteiger partial charge < -0.3 is 15.7 Å². The Balaban J connectivity index is 2.60. The van der Waals surface area contributed by atoms with E-state index in [1.54, 1.807) is 0 Å². The molecule has 1 atom stereocenters. The van der Waals surface area contributed by atoms with Crippen LogP contribution < -0.4 is 10.6 Å². The van der Waals surface area contributed by atoms with Crippen molar-refractivity contribution in [1.82, 2.24) is 5.32 Å². The first-order valence-electron chi connectivity index (χ1n) is 7.33. The molecule has 1 rings (SSSR count). The molecule has 0 saturated carbocycles. The number of urea groups is 1. The molecule has 0 aliphatic rings. The summed E-state index contributed by atoms with van der Waals surface area (Å²) in [7, 11) is 0. The van der Waals surface area contributed by atoms with E-state index in [4.69, 9.17) is 5.11 Å². The lowest BCUT2D eigenvalue weighted by molar-refractivity contribution is -0.138. The molecule has 1 aromatic carbocycles. The Morgan fingerprint density at radius 3 is 2.57 bits per heavy atom. The Kier molecular flexibility index (Phi) is 6.72. The number of carboxylic acid groups (broad SMARTS) is 1. The average molecular weight is 292 g/mol. The Labute approximate surface area is 125 Å². The predicted molar refractivity (Wildman–Crippen MR) is 83.6 cm³/mol. The highest BCUT2D eigenvalue weighted by Gasteiger charge is 2.13. The van der Waals surface area contributed by atoms with Crippen LogP contribution in [0.3, 0.4) is 0 Å². The number of amides is 2. The van der Waals surface area contributed by atoms with Crippen LogP contribution in [-0.4, -0.2) is 23.7 Å². The van der Waals surface area contributed by atoms with Gasteiger partial charge in [-0.2, -0.15) is 0 Å². The van der Waals surface area contributed by atoms with Crippen LogP contribution in [0, 0.1) is 12.8 Å². The molecule has 0 fully saturated rings. The highest BCUT2D eigenvalue weighted by molar-refractivity contribution is 5.91. The third kappa shape index (κ3) is 5.45. The number of benzene rings is 1. The normalized spacial score (nSPS) is 11.8. The van der Waals surface area contributed by atoms with Gasteiger partial charge in [-0.15, -0.1) is 0 Å². The van der Waals surface area contributed by atoms with E-state index < -0.39 is 5.97 Å². The van der Waals surface area contributed by atoms with Crippen LogP contribution >= 0.6 is 0 Å². The number of hydrogen-bond acceptors (Lipinski definition) is 2. The highest BCUT2D eigenvalue weighted by Crippen LogP contribution is 2.20. The molecule has 1 unspecified atom stereocenters. The van der Waals surface area contributed by atoms with Crippen molar-refractivity contribution < 1.29 is 14.7 Å². The maximum Gasteiger partial charge on any atom is 0.319 e. The molecule has 5 nitrogen and oxygen atoms in total. The summed E-state index contributed by atoms with van der Waals surface area (Å²) >= 11 is 0. The molecule has 3 N–H and O–H groups in total. The van der Waals surface area contributed by atoms with Gasteiger partial charge in [0.15, 0.2) is 0 Å². The van der Waals surface area contributed by atoms with Gasteiger partial charge in [0.2, 0.25) is 0 Å². The molecule has 0 aliphatic carbocycles. The maximum absolute atomic E-state index is 12.0. The van der Waals surface area contributed by atoms with E-state index in [0.717, 1.165) is 29.7 Å². The zero-order chi connectivity index (χ0) is 15.8. The number of carbonyl (C=O) groups excluding carboxylic acids is 1. The first-order valence-corrected chi connectivity index (χ1v) is 7.33. The molecule has 0 bridgehead atoms. The van der Waals surface area contributed by atoms with Gasteiger partial charge in [-0.3, -0.25) is 4.79 Å². The van der Waals surface area contributed by atoms with E-state index in [0.29, 0.717) is 6.54 Å². The molecular weight excluding hydrogens is 268 g/mol. The van der Waals surface area contributed by atoms with E-state index in [1.165, 1.54) is 0 Å². The van der Waals surface area contributed by atoms with E-state index in [2.05, 4.69) is 10.6 Å². The summed E-state index contributed by atoms with van der Waals surface area (Å²) in [6.07, 6.45) is 1.63. The highest BCUT2D eigenvalue weighted by atomic mass is 16.4. The molecule has 2 amide bonds. The van der Waals surface area contributed by atoms with Gasteiger partial charge in [-0.25, -0.2) is 4.79 Å². The molecular formula is C16H24N2O3. The number of aryl methyl sites for hydroxylation is 2. The fourth-order valence-corrected chi connectivity index (χ4v) is 2.20. The first-order chi connectivity index (χ1) is 9.97. The zero-order valence-electron chi connectivity index (χ0n) is 12.9. The van der Waals surface area contributed by atoms with Gasteiger partial charge in [-0.05, 0) is 30.4 Å². The smallest absolute Gasteiger partial charge is 0.319 e. The molecule has 0 aromatic heterocycles. The summed E-state index contributed by atoms with van der Waals surface area (Å²) in [5, 5.41) is 14.4. The van der Waals surface area contributed by atoms with E-state index in [9.17, 15) is 9.59 Å². The molecule has 0 radical (unpaired) electrons. The van der Waals surface area contributed by atoms with Crippen molar-refractivity contribution in [3.05, 3.63) is 29.3 Å². The number of para-hydroxylation sites is 1. The molecule has 0 heterocycles. The maximum atomic E-state index is 12.0. The van der Waals surface area contributed by atoms with Crippen molar-refractivity contribution >= 4 is 17.7 Å². The van der Waals surface area contributed by atoms with Gasteiger partial charge in [0.25, 0.3) is 0 Å². The molecule has 5 heteroatoms. The second-order valence-electron chi connectivity index (χ2n) is 5.17. The monoisotopic (exact) mass is 292 g/mol. The molecule has 21 heavy (non-hydrogen) atoms. The summed E-state index contributed by atoms with van der Waals surface area (Å²) in [5.41, 5.74) is 2.94. The number of nitrogens with one attached hydrogen (secondary N) is 2. The van der Waals surface area contributed by atoms with Crippen molar-refractivity contribution in [2.45, 2.75) is 40.0 Å². The van der Waals surface area contributed by atoms with Crippen molar-refractivity contribution in [2.75, 3.05) is 11.9 Å². The standard InChI is InChI=1S/C16H24N2O3/c1-4-12(9-14(19)20)10-17-16(21)18-15-11(3)7-6-8-13(15)5-2/h6-8,12H,4-5,9-10H2,1-3H3,(H,19,20)(H2,17,18,21). The number of carboxylic acids is 1. The van der Waals surface area contributed by atoms with Crippen LogP contribution in [0.15, 0.2) is 18.2 Å². The number of hydrogen-bond donors (Lipinski definition) is 3. The number of anilines is 1. The van der Waals surface area contributed by atoms with Crippen molar-refractivity contribution in [3.8, 4) is 0 Å². The fourth-order valence-electron chi connectivity index (χ4n) is 2.20. The third-order valence-electron chi connectivity index (χ3n) is 3.57. The van der Waals surface area contributed by atoms with E-state index >= 15 is 0 Å². The lowest BCUT2D eigenvalue weighted by Crippen LogP contribution is -2.34. The molecule has 0 aliphatic heterocycles. The lowest BCUT2D eigenvalue weighted by atomic mass is 10.0. The summed E-state index contributed by atoms with van der Waals surface area (Å²) < 4.78 is 0. The number of aliphatic carboxylic acids is 1. The molecule has 0 spiro atoms. The number of carbonyl (C=O) groups is 2. The summed E-state index contributed by atoms with van der Waals surface area (Å²) in [6.45, 7) is 6.28. The van der Waals surface area contributed by atoms with Gasteiger partial charge >= 0.3 is 12.0 Å². The second kappa shape index (κ2) is 8.29. The quantitative estimate of drug-likeness (QED) is 0.722. The molecule has 0 saturated heterocycles. The zero-order valence-corrected chi connectivity index (χ0v) is 12.9. The van der Waals surface area contributed by atoms with E-state index in [-0.39, 0.29) is 18.4 Å². The van der Waals surface area contributed by atoms with Gasteiger partial charge in [0.1, 0.15) is 0 Å². The van der Waals surface area contributed by atoms with Crippen molar-refractivity contribution in [1.29, 1.82) is 0 Å². The topological polar surface area (TPSA) is 78.4 Å². The van der Waals surface area contributed by atoms with Crippen molar-refractivity contribution in [2.24, 2.45) is 5.92 Å². The summed E-state index contributed by atoms with van der Waals surface area (Å²) in [5.74, 6) is -0.882. The van der Waals surface area contributed by atoms with Crippen molar-refractivity contribution in [3.63, 3.8) is 0 Å². The molecule has 116 valence electrons. The minimum atomic E-state index is -0.837. The first kappa shape index (κ1) is 17.0. The SMILES string of the molecule is CCc1cccc(C)c1NC(=O)NCC(CC)CC(=O)O. The summed E-state index contributed by atoms with van der Waals surface area (Å²) in [4.78, 5) is 22.7. The van der Waals surface area contributed by atoms with E-state index in [1.807, 2.05) is 39.0 Å². The Bertz CT molecular complexity index is 500. The van der Waals surface area contributed by atoms with Crippen LogP contribution in [0.5, 0.6) is 0 Å². The lowest BCUT2D eigenvalue weighted by Gasteiger charge is -2.16. The second-order valence-corrected chi connectivity index (χ2v) is 5.17. The van der Waals surface area contributed by atoms with Crippen LogP contribution in [0.1, 0.15) is 37.8 Å². The average Bonchev–Trinajstić information content (AvgIpc) is 2.45. The minimum Gasteiger partial charge on any atom is -0.481 e. The summed E-state index contributed by atoms with van der Waals surface area (Å²) in [6, 6.07) is 5.62. The van der Waals surface area contributed by atoms with Gasteiger partial charge in [-0.1, -0.05) is 38.5 Å². The molecule has 1 aromatic rings. The third-order valence-corrected chi connectivity index (χ3v) is 3.57. The largest absolute Gasteiger partial charge is 0.481 e. The Morgan fingerprint density at radius 1 is 1.29 bits per heavy atom.